The summed E-state index contributed by atoms with van der Waals surface area (Å²) >= 11 is 0. The first kappa shape index (κ1) is 17.7. The lowest BCUT2D eigenvalue weighted by Gasteiger charge is -2.30. The van der Waals surface area contributed by atoms with Crippen LogP contribution in [0.5, 0.6) is 5.75 Å². The van der Waals surface area contributed by atoms with Gasteiger partial charge in [0.2, 0.25) is 0 Å². The fourth-order valence-corrected chi connectivity index (χ4v) is 2.33. The SMILES string of the molecule is CC(C)(C)OCC(OC(C)(C)C)c1cc(O)c2ncccc2c1. The Morgan fingerprint density at radius 3 is 2.39 bits per heavy atom. The molecule has 2 rings (SSSR count). The number of ether oxygens (including phenoxy) is 2. The van der Waals surface area contributed by atoms with Crippen LogP contribution in [0.15, 0.2) is 30.5 Å². The lowest BCUT2D eigenvalue weighted by molar-refractivity contribution is -0.121. The zero-order chi connectivity index (χ0) is 17.3. The molecule has 0 aliphatic heterocycles. The Bertz CT molecular complexity index is 668. The maximum Gasteiger partial charge on any atom is 0.142 e. The lowest BCUT2D eigenvalue weighted by Crippen LogP contribution is -2.29. The van der Waals surface area contributed by atoms with E-state index in [-0.39, 0.29) is 23.1 Å². The van der Waals surface area contributed by atoms with Gasteiger partial charge in [-0.2, -0.15) is 0 Å². The molecule has 1 aromatic heterocycles. The summed E-state index contributed by atoms with van der Waals surface area (Å²) in [4.78, 5) is 4.22. The van der Waals surface area contributed by atoms with E-state index >= 15 is 0 Å². The van der Waals surface area contributed by atoms with Gasteiger partial charge in [-0.25, -0.2) is 0 Å². The number of phenolic OH excluding ortho intramolecular Hbond substituents is 1. The number of hydrogen-bond donors (Lipinski definition) is 1. The Morgan fingerprint density at radius 1 is 1.09 bits per heavy atom. The molecule has 0 fully saturated rings. The van der Waals surface area contributed by atoms with Crippen LogP contribution in [-0.2, 0) is 9.47 Å². The summed E-state index contributed by atoms with van der Waals surface area (Å²) in [6.45, 7) is 12.5. The molecule has 4 heteroatoms. The van der Waals surface area contributed by atoms with Crippen LogP contribution in [0.1, 0.15) is 53.2 Å². The van der Waals surface area contributed by atoms with E-state index in [4.69, 9.17) is 9.47 Å². The third kappa shape index (κ3) is 5.19. The first-order valence-corrected chi connectivity index (χ1v) is 7.95. The van der Waals surface area contributed by atoms with Crippen LogP contribution in [0.2, 0.25) is 0 Å². The lowest BCUT2D eigenvalue weighted by atomic mass is 10.0. The molecule has 4 nitrogen and oxygen atoms in total. The largest absolute Gasteiger partial charge is 0.506 e. The molecule has 0 saturated carbocycles. The predicted octanol–water partition coefficient (Wildman–Crippen LogP) is 4.61. The number of phenols is 1. The molecule has 0 spiro atoms. The van der Waals surface area contributed by atoms with E-state index in [1.165, 1.54) is 0 Å². The summed E-state index contributed by atoms with van der Waals surface area (Å²) in [5, 5.41) is 11.2. The standard InChI is InChI=1S/C19H27NO3/c1-18(2,3)22-12-16(23-19(4,5)6)14-10-13-8-7-9-20-17(13)15(21)11-14/h7-11,16,21H,12H2,1-6H3. The van der Waals surface area contributed by atoms with Crippen LogP contribution in [-0.4, -0.2) is 27.9 Å². The molecule has 1 heterocycles. The minimum absolute atomic E-state index is 0.163. The smallest absolute Gasteiger partial charge is 0.142 e. The molecular weight excluding hydrogens is 290 g/mol. The summed E-state index contributed by atoms with van der Waals surface area (Å²) in [5.41, 5.74) is 0.926. The van der Waals surface area contributed by atoms with Gasteiger partial charge in [-0.3, -0.25) is 4.98 Å². The Hall–Kier alpha value is -1.65. The second-order valence-electron chi connectivity index (χ2n) is 7.76. The number of nitrogens with zero attached hydrogens (tertiary/aromatic N) is 1. The minimum Gasteiger partial charge on any atom is -0.506 e. The molecule has 0 aliphatic rings. The summed E-state index contributed by atoms with van der Waals surface area (Å²) in [7, 11) is 0. The molecule has 0 aliphatic carbocycles. The summed E-state index contributed by atoms with van der Waals surface area (Å²) in [6, 6.07) is 7.52. The summed E-state index contributed by atoms with van der Waals surface area (Å²) in [6.07, 6.45) is 1.41. The van der Waals surface area contributed by atoms with Crippen molar-refractivity contribution in [1.82, 2.24) is 4.98 Å². The molecule has 1 atom stereocenters. The van der Waals surface area contributed by atoms with Crippen LogP contribution in [0, 0.1) is 0 Å². The maximum atomic E-state index is 10.3. The number of aromatic nitrogens is 1. The topological polar surface area (TPSA) is 51.6 Å². The van der Waals surface area contributed by atoms with Gasteiger partial charge in [0.25, 0.3) is 0 Å². The minimum atomic E-state index is -0.314. The number of rotatable bonds is 4. The first-order valence-electron chi connectivity index (χ1n) is 7.95. The van der Waals surface area contributed by atoms with Crippen molar-refractivity contribution in [2.24, 2.45) is 0 Å². The Morgan fingerprint density at radius 2 is 1.78 bits per heavy atom. The van der Waals surface area contributed by atoms with Crippen molar-refractivity contribution in [3.05, 3.63) is 36.0 Å². The number of pyridine rings is 1. The molecule has 2 aromatic rings. The van der Waals surface area contributed by atoms with Gasteiger partial charge >= 0.3 is 0 Å². The van der Waals surface area contributed by atoms with Gasteiger partial charge < -0.3 is 14.6 Å². The maximum absolute atomic E-state index is 10.3. The van der Waals surface area contributed by atoms with Gasteiger partial charge in [0.15, 0.2) is 0 Å². The van der Waals surface area contributed by atoms with Gasteiger partial charge in [-0.05, 0) is 65.3 Å². The normalized spacial score (nSPS) is 14.2. The van der Waals surface area contributed by atoms with Crippen LogP contribution >= 0.6 is 0 Å². The van der Waals surface area contributed by atoms with Gasteiger partial charge in [0.1, 0.15) is 17.4 Å². The molecule has 23 heavy (non-hydrogen) atoms. The highest BCUT2D eigenvalue weighted by Crippen LogP contribution is 2.32. The monoisotopic (exact) mass is 317 g/mol. The van der Waals surface area contributed by atoms with Gasteiger partial charge in [-0.15, -0.1) is 0 Å². The molecule has 1 N–H and O–H groups in total. The Kier molecular flexibility index (Phi) is 4.97. The highest BCUT2D eigenvalue weighted by Gasteiger charge is 2.24. The quantitative estimate of drug-likeness (QED) is 0.894. The van der Waals surface area contributed by atoms with Gasteiger partial charge in [0.05, 0.1) is 17.8 Å². The van der Waals surface area contributed by atoms with E-state index < -0.39 is 0 Å². The summed E-state index contributed by atoms with van der Waals surface area (Å²) in [5.74, 6) is 0.163. The fraction of sp³-hybridized carbons (Fsp3) is 0.526. The predicted molar refractivity (Wildman–Crippen MR) is 92.7 cm³/mol. The number of hydrogen-bond acceptors (Lipinski definition) is 4. The van der Waals surface area contributed by atoms with Gasteiger partial charge in [0, 0.05) is 11.6 Å². The molecule has 0 bridgehead atoms. The van der Waals surface area contributed by atoms with E-state index in [9.17, 15) is 5.11 Å². The second-order valence-corrected chi connectivity index (χ2v) is 7.76. The highest BCUT2D eigenvalue weighted by atomic mass is 16.6. The first-order chi connectivity index (χ1) is 10.6. The van der Waals surface area contributed by atoms with Crippen molar-refractivity contribution in [2.45, 2.75) is 58.8 Å². The van der Waals surface area contributed by atoms with E-state index in [1.54, 1.807) is 12.3 Å². The van der Waals surface area contributed by atoms with Crippen molar-refractivity contribution in [2.75, 3.05) is 6.61 Å². The van der Waals surface area contributed by atoms with E-state index in [2.05, 4.69) is 4.98 Å². The van der Waals surface area contributed by atoms with E-state index in [0.29, 0.717) is 12.1 Å². The van der Waals surface area contributed by atoms with Crippen molar-refractivity contribution in [3.8, 4) is 5.75 Å². The average Bonchev–Trinajstić information content (AvgIpc) is 2.41. The van der Waals surface area contributed by atoms with Crippen molar-refractivity contribution in [3.63, 3.8) is 0 Å². The third-order valence-electron chi connectivity index (χ3n) is 3.24. The zero-order valence-electron chi connectivity index (χ0n) is 14.9. The van der Waals surface area contributed by atoms with Crippen LogP contribution in [0.4, 0.5) is 0 Å². The highest BCUT2D eigenvalue weighted by molar-refractivity contribution is 5.84. The molecule has 126 valence electrons. The van der Waals surface area contributed by atoms with E-state index in [1.807, 2.05) is 59.7 Å². The van der Waals surface area contributed by atoms with Crippen LogP contribution in [0.25, 0.3) is 10.9 Å². The number of aromatic hydroxyl groups is 1. The summed E-state index contributed by atoms with van der Waals surface area (Å²) < 4.78 is 12.1. The molecule has 1 unspecified atom stereocenters. The molecular formula is C19H27NO3. The van der Waals surface area contributed by atoms with Crippen molar-refractivity contribution < 1.29 is 14.6 Å². The van der Waals surface area contributed by atoms with Crippen LogP contribution in [0.3, 0.4) is 0 Å². The van der Waals surface area contributed by atoms with Crippen molar-refractivity contribution >= 4 is 10.9 Å². The molecule has 0 radical (unpaired) electrons. The molecule has 0 amide bonds. The fourth-order valence-electron chi connectivity index (χ4n) is 2.33. The van der Waals surface area contributed by atoms with Crippen molar-refractivity contribution in [1.29, 1.82) is 0 Å². The van der Waals surface area contributed by atoms with Crippen LogP contribution < -0.4 is 0 Å². The second kappa shape index (κ2) is 6.46. The zero-order valence-corrected chi connectivity index (χ0v) is 14.9. The average molecular weight is 317 g/mol. The van der Waals surface area contributed by atoms with E-state index in [0.717, 1.165) is 10.9 Å². The Labute approximate surface area is 138 Å². The molecule has 1 aromatic carbocycles. The molecule has 0 saturated heterocycles. The Balaban J connectivity index is 2.37. The van der Waals surface area contributed by atoms with Gasteiger partial charge in [-0.1, -0.05) is 6.07 Å². The number of benzene rings is 1. The third-order valence-corrected chi connectivity index (χ3v) is 3.24. The number of fused-ring (bicyclic) bond motifs is 1.